The topological polar surface area (TPSA) is 48.0 Å². The van der Waals surface area contributed by atoms with Crippen LogP contribution in [0.2, 0.25) is 0 Å². The first-order chi connectivity index (χ1) is 10.3. The molecule has 0 radical (unpaired) electrons. The molecule has 0 bridgehead atoms. The largest absolute Gasteiger partial charge is 0.370 e. The van der Waals surface area contributed by atoms with Crippen molar-refractivity contribution >= 4 is 17.7 Å². The van der Waals surface area contributed by atoms with Gasteiger partial charge in [-0.1, -0.05) is 0 Å². The third-order valence-electron chi connectivity index (χ3n) is 4.35. The van der Waals surface area contributed by atoms with E-state index >= 15 is 0 Å². The van der Waals surface area contributed by atoms with E-state index in [2.05, 4.69) is 0 Å². The molecule has 0 aromatic heterocycles. The fraction of sp³-hybridized carbons (Fsp3) is 0.933. The van der Waals surface area contributed by atoms with Gasteiger partial charge in [0.2, 0.25) is 5.91 Å². The van der Waals surface area contributed by atoms with Gasteiger partial charge in [-0.25, -0.2) is 0 Å². The average Bonchev–Trinajstić information content (AvgIpc) is 3.11. The predicted molar refractivity (Wildman–Crippen MR) is 81.3 cm³/mol. The van der Waals surface area contributed by atoms with Crippen LogP contribution in [-0.4, -0.2) is 67.1 Å². The summed E-state index contributed by atoms with van der Waals surface area (Å²) in [5, 5.41) is 0. The summed E-state index contributed by atoms with van der Waals surface area (Å²) in [6.45, 7) is 3.16. The minimum atomic E-state index is -0.187. The van der Waals surface area contributed by atoms with Gasteiger partial charge < -0.3 is 19.1 Å². The van der Waals surface area contributed by atoms with Gasteiger partial charge >= 0.3 is 0 Å². The van der Waals surface area contributed by atoms with E-state index in [-0.39, 0.29) is 24.4 Å². The Morgan fingerprint density at radius 1 is 1.14 bits per heavy atom. The van der Waals surface area contributed by atoms with Gasteiger partial charge in [0.25, 0.3) is 0 Å². The molecule has 21 heavy (non-hydrogen) atoms. The van der Waals surface area contributed by atoms with Crippen LogP contribution in [0.1, 0.15) is 32.1 Å². The standard InChI is InChI=1S/C15H25NO4S/c17-14(16-6-1-10-21-11-7-16)5-3-12-2-4-13(20-12)15-18-8-9-19-15/h12-13,15H,1-11H2. The van der Waals surface area contributed by atoms with Crippen LogP contribution in [-0.2, 0) is 19.0 Å². The van der Waals surface area contributed by atoms with Crippen molar-refractivity contribution < 1.29 is 19.0 Å². The number of carbonyl (C=O) groups is 1. The number of rotatable bonds is 4. The van der Waals surface area contributed by atoms with Gasteiger partial charge in [0.1, 0.15) is 6.10 Å². The zero-order valence-corrected chi connectivity index (χ0v) is 13.3. The van der Waals surface area contributed by atoms with E-state index in [4.69, 9.17) is 14.2 Å². The van der Waals surface area contributed by atoms with Crippen LogP contribution in [0.25, 0.3) is 0 Å². The first kappa shape index (κ1) is 15.6. The summed E-state index contributed by atoms with van der Waals surface area (Å²) in [6.07, 6.45) is 4.60. The molecule has 0 aromatic carbocycles. The van der Waals surface area contributed by atoms with Crippen LogP contribution in [0.5, 0.6) is 0 Å². The monoisotopic (exact) mass is 315 g/mol. The Bertz CT molecular complexity index is 341. The Hall–Kier alpha value is -0.300. The van der Waals surface area contributed by atoms with E-state index in [1.165, 1.54) is 5.75 Å². The van der Waals surface area contributed by atoms with E-state index < -0.39 is 0 Å². The Kier molecular flexibility index (Phi) is 5.80. The number of nitrogens with zero attached hydrogens (tertiary/aromatic N) is 1. The van der Waals surface area contributed by atoms with Gasteiger partial charge in [0, 0.05) is 25.3 Å². The Morgan fingerprint density at radius 2 is 2.00 bits per heavy atom. The molecule has 0 spiro atoms. The molecule has 5 nitrogen and oxygen atoms in total. The average molecular weight is 315 g/mol. The molecular weight excluding hydrogens is 290 g/mol. The molecule has 3 aliphatic rings. The molecule has 3 heterocycles. The quantitative estimate of drug-likeness (QED) is 0.789. The van der Waals surface area contributed by atoms with Crippen molar-refractivity contribution in [1.29, 1.82) is 0 Å². The molecular formula is C15H25NO4S. The lowest BCUT2D eigenvalue weighted by molar-refractivity contribution is -0.141. The second-order valence-corrected chi connectivity index (χ2v) is 7.09. The molecule has 0 N–H and O–H groups in total. The van der Waals surface area contributed by atoms with E-state index in [0.717, 1.165) is 44.5 Å². The highest BCUT2D eigenvalue weighted by atomic mass is 32.2. The molecule has 3 aliphatic heterocycles. The SMILES string of the molecule is O=C(CCC1CCC(C2OCCO2)O1)N1CCCSCC1. The molecule has 2 atom stereocenters. The van der Waals surface area contributed by atoms with E-state index in [9.17, 15) is 4.79 Å². The van der Waals surface area contributed by atoms with Crippen molar-refractivity contribution in [1.82, 2.24) is 4.90 Å². The van der Waals surface area contributed by atoms with Crippen molar-refractivity contribution in [3.05, 3.63) is 0 Å². The summed E-state index contributed by atoms with van der Waals surface area (Å²) >= 11 is 1.95. The lowest BCUT2D eigenvalue weighted by Crippen LogP contribution is -2.33. The minimum absolute atomic E-state index is 0.0576. The maximum atomic E-state index is 12.3. The smallest absolute Gasteiger partial charge is 0.222 e. The van der Waals surface area contributed by atoms with Crippen molar-refractivity contribution in [2.45, 2.75) is 50.6 Å². The normalized spacial score (nSPS) is 31.5. The third kappa shape index (κ3) is 4.34. The molecule has 120 valence electrons. The van der Waals surface area contributed by atoms with Gasteiger partial charge in [0.05, 0.1) is 19.3 Å². The highest BCUT2D eigenvalue weighted by molar-refractivity contribution is 7.99. The lowest BCUT2D eigenvalue weighted by Gasteiger charge is -2.21. The van der Waals surface area contributed by atoms with Crippen molar-refractivity contribution in [2.75, 3.05) is 37.8 Å². The summed E-state index contributed by atoms with van der Waals surface area (Å²) in [7, 11) is 0. The number of carbonyl (C=O) groups excluding carboxylic acids is 1. The molecule has 0 aliphatic carbocycles. The van der Waals surface area contributed by atoms with Crippen molar-refractivity contribution in [3.63, 3.8) is 0 Å². The predicted octanol–water partition coefficient (Wildman–Crippen LogP) is 1.65. The van der Waals surface area contributed by atoms with E-state index in [1.54, 1.807) is 0 Å². The van der Waals surface area contributed by atoms with Crippen LogP contribution >= 0.6 is 11.8 Å². The molecule has 0 saturated carbocycles. The first-order valence-electron chi connectivity index (χ1n) is 8.07. The number of amides is 1. The number of thioether (sulfide) groups is 1. The van der Waals surface area contributed by atoms with Crippen LogP contribution < -0.4 is 0 Å². The molecule has 0 aromatic rings. The summed E-state index contributed by atoms with van der Waals surface area (Å²) in [6, 6.07) is 0. The van der Waals surface area contributed by atoms with Gasteiger partial charge in [-0.05, 0) is 31.4 Å². The maximum absolute atomic E-state index is 12.3. The second-order valence-electron chi connectivity index (χ2n) is 5.87. The van der Waals surface area contributed by atoms with Gasteiger partial charge in [-0.2, -0.15) is 11.8 Å². The molecule has 3 rings (SSSR count). The van der Waals surface area contributed by atoms with E-state index in [1.807, 2.05) is 16.7 Å². The summed E-state index contributed by atoms with van der Waals surface area (Å²) in [4.78, 5) is 14.3. The molecule has 1 amide bonds. The zero-order valence-electron chi connectivity index (χ0n) is 12.5. The highest BCUT2D eigenvalue weighted by Crippen LogP contribution is 2.28. The van der Waals surface area contributed by atoms with Gasteiger partial charge in [-0.3, -0.25) is 4.79 Å². The Balaban J connectivity index is 1.38. The summed E-state index contributed by atoms with van der Waals surface area (Å²) in [5.41, 5.74) is 0. The molecule has 3 saturated heterocycles. The lowest BCUT2D eigenvalue weighted by atomic mass is 10.1. The van der Waals surface area contributed by atoms with Crippen LogP contribution in [0.15, 0.2) is 0 Å². The molecule has 6 heteroatoms. The van der Waals surface area contributed by atoms with Crippen LogP contribution in [0, 0.1) is 0 Å². The van der Waals surface area contributed by atoms with Gasteiger partial charge in [-0.15, -0.1) is 0 Å². The second kappa shape index (κ2) is 7.81. The van der Waals surface area contributed by atoms with E-state index in [0.29, 0.717) is 19.6 Å². The molecule has 2 unspecified atom stereocenters. The van der Waals surface area contributed by atoms with Crippen molar-refractivity contribution in [3.8, 4) is 0 Å². The van der Waals surface area contributed by atoms with Gasteiger partial charge in [0.15, 0.2) is 6.29 Å². The fourth-order valence-corrected chi connectivity index (χ4v) is 4.06. The minimum Gasteiger partial charge on any atom is -0.370 e. The summed E-state index contributed by atoms with van der Waals surface area (Å²) < 4.78 is 17.0. The number of hydrogen-bond acceptors (Lipinski definition) is 5. The first-order valence-corrected chi connectivity index (χ1v) is 9.22. The van der Waals surface area contributed by atoms with Crippen LogP contribution in [0.3, 0.4) is 0 Å². The number of hydrogen-bond donors (Lipinski definition) is 0. The highest BCUT2D eigenvalue weighted by Gasteiger charge is 2.35. The number of ether oxygens (including phenoxy) is 3. The van der Waals surface area contributed by atoms with Crippen LogP contribution in [0.4, 0.5) is 0 Å². The zero-order chi connectivity index (χ0) is 14.5. The maximum Gasteiger partial charge on any atom is 0.222 e. The summed E-state index contributed by atoms with van der Waals surface area (Å²) in [5.74, 6) is 2.54. The van der Waals surface area contributed by atoms with Crippen molar-refractivity contribution in [2.24, 2.45) is 0 Å². The Morgan fingerprint density at radius 3 is 2.86 bits per heavy atom. The Labute approximate surface area is 130 Å². The fourth-order valence-electron chi connectivity index (χ4n) is 3.18. The third-order valence-corrected chi connectivity index (χ3v) is 5.40. The molecule has 3 fully saturated rings.